The number of hydrogen-bond donors (Lipinski definition) is 1. The van der Waals surface area contributed by atoms with Crippen molar-refractivity contribution < 1.29 is 18.4 Å². The summed E-state index contributed by atoms with van der Waals surface area (Å²) in [7, 11) is 0. The van der Waals surface area contributed by atoms with Gasteiger partial charge in [0.2, 0.25) is 5.88 Å². The minimum Gasteiger partial charge on any atom is -0.438 e. The Hall–Kier alpha value is -3.62. The number of hydrogen-bond acceptors (Lipinski definition) is 5. The smallest absolute Gasteiger partial charge is 0.269 e. The molecule has 2 heterocycles. The second-order valence-electron chi connectivity index (χ2n) is 11.0. The Labute approximate surface area is 205 Å². The highest BCUT2D eigenvalue weighted by molar-refractivity contribution is 5.57. The van der Waals surface area contributed by atoms with Crippen LogP contribution in [0.2, 0.25) is 0 Å². The van der Waals surface area contributed by atoms with Gasteiger partial charge in [-0.05, 0) is 61.8 Å². The third kappa shape index (κ3) is 3.07. The van der Waals surface area contributed by atoms with E-state index in [1.54, 1.807) is 12.4 Å². The van der Waals surface area contributed by atoms with Crippen LogP contribution in [-0.4, -0.2) is 14.5 Å². The Balaban J connectivity index is 1.45. The fourth-order valence-corrected chi connectivity index (χ4v) is 7.86. The minimum atomic E-state index is -0.898. The van der Waals surface area contributed by atoms with Gasteiger partial charge in [0.1, 0.15) is 29.2 Å². The third-order valence-corrected chi connectivity index (χ3v) is 8.79. The van der Waals surface area contributed by atoms with Gasteiger partial charge in [0.05, 0.1) is 10.5 Å². The fraction of sp³-hybridized carbons (Fsp3) is 0.407. The lowest BCUT2D eigenvalue weighted by Gasteiger charge is -2.57. The Morgan fingerprint density at radius 2 is 1.75 bits per heavy atom. The van der Waals surface area contributed by atoms with Crippen molar-refractivity contribution in [1.82, 2.24) is 9.55 Å². The van der Waals surface area contributed by atoms with Crippen LogP contribution in [0, 0.1) is 44.9 Å². The SMILES string of the molecule is N=c1c2c(ncn1C13CC4CC(CC(C4)C1)C3)Oc1cc(F)cc(F)c1C2c1cccc([N+](=O)[O-])c1. The topological polar surface area (TPSA) is 94.0 Å². The van der Waals surface area contributed by atoms with Gasteiger partial charge in [-0.1, -0.05) is 12.1 Å². The number of nitro benzene ring substituents is 1. The number of fused-ring (bicyclic) bond motifs is 2. The molecule has 9 heteroatoms. The van der Waals surface area contributed by atoms with Gasteiger partial charge in [0, 0.05) is 41.3 Å². The van der Waals surface area contributed by atoms with Crippen molar-refractivity contribution in [2.45, 2.75) is 50.0 Å². The van der Waals surface area contributed by atoms with E-state index in [1.807, 2.05) is 4.57 Å². The van der Waals surface area contributed by atoms with Gasteiger partial charge in [-0.2, -0.15) is 0 Å². The van der Waals surface area contributed by atoms with Crippen molar-refractivity contribution >= 4 is 5.69 Å². The number of nitrogens with one attached hydrogen (secondary N) is 1. The zero-order valence-corrected chi connectivity index (χ0v) is 19.4. The predicted molar refractivity (Wildman–Crippen MR) is 125 cm³/mol. The van der Waals surface area contributed by atoms with Crippen LogP contribution in [0.25, 0.3) is 0 Å². The average Bonchev–Trinajstić information content (AvgIpc) is 2.82. The number of benzene rings is 2. The molecular formula is C27H24F2N4O3. The summed E-state index contributed by atoms with van der Waals surface area (Å²) in [5.74, 6) is -0.510. The van der Waals surface area contributed by atoms with E-state index in [9.17, 15) is 19.9 Å². The highest BCUT2D eigenvalue weighted by atomic mass is 19.1. The molecule has 1 unspecified atom stereocenters. The highest BCUT2D eigenvalue weighted by Crippen LogP contribution is 2.58. The number of nitrogens with zero attached hydrogens (tertiary/aromatic N) is 3. The molecule has 1 atom stereocenters. The van der Waals surface area contributed by atoms with E-state index >= 15 is 4.39 Å². The van der Waals surface area contributed by atoms with Crippen molar-refractivity contribution in [3.05, 3.63) is 86.7 Å². The maximum Gasteiger partial charge on any atom is 0.269 e. The van der Waals surface area contributed by atoms with Crippen LogP contribution in [0.15, 0.2) is 42.7 Å². The summed E-state index contributed by atoms with van der Waals surface area (Å²) in [5.41, 5.74) is 0.665. The minimum absolute atomic E-state index is 0.0315. The van der Waals surface area contributed by atoms with E-state index in [2.05, 4.69) is 4.98 Å². The largest absolute Gasteiger partial charge is 0.438 e. The molecule has 3 aromatic rings. The van der Waals surface area contributed by atoms with Crippen molar-refractivity contribution in [2.75, 3.05) is 0 Å². The first kappa shape index (κ1) is 21.6. The number of non-ortho nitro benzene ring substituents is 1. The molecule has 1 aromatic heterocycles. The Bertz CT molecular complexity index is 1470. The summed E-state index contributed by atoms with van der Waals surface area (Å²) in [6.07, 6.45) is 8.37. The molecule has 0 amide bonds. The summed E-state index contributed by atoms with van der Waals surface area (Å²) in [4.78, 5) is 15.6. The van der Waals surface area contributed by atoms with Crippen LogP contribution < -0.4 is 10.2 Å². The molecule has 1 N–H and O–H groups in total. The lowest BCUT2D eigenvalue weighted by atomic mass is 9.53. The van der Waals surface area contributed by atoms with E-state index in [4.69, 9.17) is 4.74 Å². The van der Waals surface area contributed by atoms with Crippen molar-refractivity contribution in [3.63, 3.8) is 0 Å². The number of halogens is 2. The van der Waals surface area contributed by atoms with Crippen LogP contribution in [0.5, 0.6) is 11.6 Å². The zero-order valence-electron chi connectivity index (χ0n) is 19.4. The number of rotatable bonds is 3. The molecule has 2 aromatic carbocycles. The standard InChI is InChI=1S/C27H24F2N4O3/c28-18-8-20(29)23-21(9-18)36-26-24(22(23)17-2-1-3-19(7-17)33(34)35)25(30)32(13-31-26)27-10-14-4-15(11-27)6-16(5-14)12-27/h1-3,7-9,13-16,22,30H,4-6,10-12H2. The Morgan fingerprint density at radius 3 is 2.42 bits per heavy atom. The van der Waals surface area contributed by atoms with E-state index in [0.717, 1.165) is 31.4 Å². The first-order valence-corrected chi connectivity index (χ1v) is 12.4. The molecule has 184 valence electrons. The summed E-state index contributed by atoms with van der Waals surface area (Å²) in [5, 5.41) is 20.9. The highest BCUT2D eigenvalue weighted by Gasteiger charge is 2.52. The van der Waals surface area contributed by atoms with Crippen molar-refractivity contribution in [1.29, 1.82) is 5.41 Å². The normalized spacial score (nSPS) is 29.4. The molecule has 4 aliphatic carbocycles. The Kier molecular flexibility index (Phi) is 4.48. The number of ether oxygens (including phenoxy) is 1. The zero-order chi connectivity index (χ0) is 24.8. The van der Waals surface area contributed by atoms with Gasteiger partial charge >= 0.3 is 0 Å². The molecule has 0 radical (unpaired) electrons. The molecule has 0 saturated heterocycles. The first-order chi connectivity index (χ1) is 17.3. The fourth-order valence-electron chi connectivity index (χ4n) is 7.86. The molecule has 1 aliphatic heterocycles. The van der Waals surface area contributed by atoms with E-state index in [0.29, 0.717) is 28.9 Å². The van der Waals surface area contributed by atoms with Crippen LogP contribution in [-0.2, 0) is 5.54 Å². The van der Waals surface area contributed by atoms with Crippen LogP contribution in [0.1, 0.15) is 61.1 Å². The molecule has 4 fully saturated rings. The van der Waals surface area contributed by atoms with E-state index < -0.39 is 22.5 Å². The van der Waals surface area contributed by atoms with E-state index in [1.165, 1.54) is 37.5 Å². The maximum atomic E-state index is 15.3. The molecule has 4 saturated carbocycles. The summed E-state index contributed by atoms with van der Waals surface area (Å²) in [6, 6.07) is 7.83. The molecule has 5 aliphatic rings. The summed E-state index contributed by atoms with van der Waals surface area (Å²) < 4.78 is 37.3. The molecule has 4 bridgehead atoms. The van der Waals surface area contributed by atoms with Crippen molar-refractivity contribution in [3.8, 4) is 11.6 Å². The predicted octanol–water partition coefficient (Wildman–Crippen LogP) is 5.76. The Morgan fingerprint density at radius 1 is 1.06 bits per heavy atom. The lowest BCUT2D eigenvalue weighted by molar-refractivity contribution is -0.384. The molecule has 8 rings (SSSR count). The maximum absolute atomic E-state index is 15.3. The third-order valence-electron chi connectivity index (χ3n) is 8.79. The van der Waals surface area contributed by atoms with Gasteiger partial charge in [-0.25, -0.2) is 13.8 Å². The monoisotopic (exact) mass is 490 g/mol. The molecule has 0 spiro atoms. The summed E-state index contributed by atoms with van der Waals surface area (Å²) >= 11 is 0. The molecular weight excluding hydrogens is 466 g/mol. The van der Waals surface area contributed by atoms with Crippen molar-refractivity contribution in [2.24, 2.45) is 17.8 Å². The molecule has 36 heavy (non-hydrogen) atoms. The average molecular weight is 491 g/mol. The number of aromatic nitrogens is 2. The van der Waals surface area contributed by atoms with Crippen LogP contribution >= 0.6 is 0 Å². The first-order valence-electron chi connectivity index (χ1n) is 12.4. The second-order valence-corrected chi connectivity index (χ2v) is 11.0. The van der Waals surface area contributed by atoms with Crippen LogP contribution in [0.3, 0.4) is 0 Å². The van der Waals surface area contributed by atoms with Gasteiger partial charge in [0.25, 0.3) is 5.69 Å². The van der Waals surface area contributed by atoms with Gasteiger partial charge in [0.15, 0.2) is 0 Å². The lowest BCUT2D eigenvalue weighted by Crippen LogP contribution is -2.55. The second kappa shape index (κ2) is 7.44. The van der Waals surface area contributed by atoms with Gasteiger partial charge in [-0.3, -0.25) is 15.5 Å². The van der Waals surface area contributed by atoms with Gasteiger partial charge in [-0.15, -0.1) is 0 Å². The van der Waals surface area contributed by atoms with E-state index in [-0.39, 0.29) is 33.9 Å². The van der Waals surface area contributed by atoms with Crippen LogP contribution in [0.4, 0.5) is 14.5 Å². The molecule has 7 nitrogen and oxygen atoms in total. The number of nitro groups is 1. The van der Waals surface area contributed by atoms with Gasteiger partial charge < -0.3 is 9.30 Å². The summed E-state index contributed by atoms with van der Waals surface area (Å²) in [6.45, 7) is 0. The quantitative estimate of drug-likeness (QED) is 0.292.